The van der Waals surface area contributed by atoms with E-state index in [1.807, 2.05) is 11.8 Å². The van der Waals surface area contributed by atoms with Crippen LogP contribution in [0.4, 0.5) is 0 Å². The molecule has 3 aliphatic rings. The largest absolute Gasteiger partial charge is 0.336 e. The van der Waals surface area contributed by atoms with E-state index >= 15 is 0 Å². The van der Waals surface area contributed by atoms with E-state index in [0.717, 1.165) is 49.0 Å². The van der Waals surface area contributed by atoms with E-state index in [2.05, 4.69) is 4.98 Å². The number of amides is 1. The van der Waals surface area contributed by atoms with Gasteiger partial charge in [0, 0.05) is 17.8 Å². The van der Waals surface area contributed by atoms with E-state index in [4.69, 9.17) is 0 Å². The lowest BCUT2D eigenvalue weighted by atomic mass is 10.1. The van der Waals surface area contributed by atoms with Crippen molar-refractivity contribution in [2.75, 3.05) is 6.54 Å². The molecule has 1 amide bonds. The van der Waals surface area contributed by atoms with Gasteiger partial charge in [-0.15, -0.1) is 11.3 Å². The third kappa shape index (κ3) is 1.08. The molecular formula is C12H14N2OS. The first-order chi connectivity index (χ1) is 7.69. The Morgan fingerprint density at radius 1 is 1.56 bits per heavy atom. The van der Waals surface area contributed by atoms with Crippen LogP contribution in [0.15, 0.2) is 0 Å². The van der Waals surface area contributed by atoms with Crippen molar-refractivity contribution in [2.24, 2.45) is 11.3 Å². The molecule has 0 unspecified atom stereocenters. The Hall–Kier alpha value is -0.900. The van der Waals surface area contributed by atoms with Crippen molar-refractivity contribution < 1.29 is 4.79 Å². The van der Waals surface area contributed by atoms with Crippen LogP contribution in [0.1, 0.15) is 28.4 Å². The number of fused-ring (bicyclic) bond motifs is 2. The number of rotatable bonds is 1. The van der Waals surface area contributed by atoms with E-state index in [1.165, 1.54) is 4.88 Å². The first-order valence-electron chi connectivity index (χ1n) is 5.94. The third-order valence-electron chi connectivity index (χ3n) is 4.23. The van der Waals surface area contributed by atoms with Crippen LogP contribution >= 0.6 is 11.3 Å². The van der Waals surface area contributed by atoms with Gasteiger partial charge in [-0.2, -0.15) is 0 Å². The maximum atomic E-state index is 12.2. The molecule has 0 N–H and O–H groups in total. The predicted molar refractivity (Wildman–Crippen MR) is 61.1 cm³/mol. The molecule has 16 heavy (non-hydrogen) atoms. The summed E-state index contributed by atoms with van der Waals surface area (Å²) in [6.45, 7) is 3.71. The lowest BCUT2D eigenvalue weighted by Gasteiger charge is -2.27. The van der Waals surface area contributed by atoms with Crippen molar-refractivity contribution in [2.45, 2.75) is 32.7 Å². The summed E-state index contributed by atoms with van der Waals surface area (Å²) in [7, 11) is 0. The molecule has 2 fully saturated rings. The molecule has 0 bridgehead atoms. The number of aromatic nitrogens is 1. The minimum Gasteiger partial charge on any atom is -0.336 e. The van der Waals surface area contributed by atoms with Gasteiger partial charge in [-0.1, -0.05) is 0 Å². The highest BCUT2D eigenvalue weighted by Gasteiger charge is 2.75. The number of carbonyl (C=O) groups is 1. The van der Waals surface area contributed by atoms with Crippen LogP contribution in [0.3, 0.4) is 0 Å². The molecule has 0 atom stereocenters. The number of hydrogen-bond donors (Lipinski definition) is 0. The zero-order valence-electron chi connectivity index (χ0n) is 9.32. The molecule has 2 heterocycles. The summed E-state index contributed by atoms with van der Waals surface area (Å²) in [5, 5.41) is 1.13. The average Bonchev–Trinajstić information content (AvgIpc) is 3.05. The fourth-order valence-corrected chi connectivity index (χ4v) is 3.80. The molecular weight excluding hydrogens is 220 g/mol. The standard InChI is InChI=1S/C12H14N2OS/c1-7-13-9-6-14(3-2-10(9)16-7)11(15)12-4-8(12)5-12/h8H,2-6H2,1H3. The smallest absolute Gasteiger partial charge is 0.229 e. The van der Waals surface area contributed by atoms with Crippen LogP contribution in [0.5, 0.6) is 0 Å². The molecule has 0 spiro atoms. The molecule has 4 heteroatoms. The zero-order chi connectivity index (χ0) is 10.9. The Morgan fingerprint density at radius 2 is 2.31 bits per heavy atom. The fourth-order valence-electron chi connectivity index (χ4n) is 2.87. The van der Waals surface area contributed by atoms with Crippen molar-refractivity contribution in [3.05, 3.63) is 15.6 Å². The second-order valence-electron chi connectivity index (χ2n) is 5.34. The van der Waals surface area contributed by atoms with E-state index in [0.29, 0.717) is 5.91 Å². The highest BCUT2D eigenvalue weighted by atomic mass is 32.1. The Balaban J connectivity index is 1.58. The van der Waals surface area contributed by atoms with Gasteiger partial charge in [0.2, 0.25) is 5.91 Å². The van der Waals surface area contributed by atoms with Crippen molar-refractivity contribution in [3.63, 3.8) is 0 Å². The van der Waals surface area contributed by atoms with Crippen molar-refractivity contribution in [1.29, 1.82) is 0 Å². The summed E-state index contributed by atoms with van der Waals surface area (Å²) in [5.41, 5.74) is 1.28. The van der Waals surface area contributed by atoms with Gasteiger partial charge in [-0.25, -0.2) is 4.98 Å². The van der Waals surface area contributed by atoms with Gasteiger partial charge in [0.05, 0.1) is 22.7 Å². The van der Waals surface area contributed by atoms with Gasteiger partial charge >= 0.3 is 0 Å². The Morgan fingerprint density at radius 3 is 3.00 bits per heavy atom. The highest BCUT2D eigenvalue weighted by molar-refractivity contribution is 7.11. The molecule has 2 saturated carbocycles. The highest BCUT2D eigenvalue weighted by Crippen LogP contribution is 2.76. The van der Waals surface area contributed by atoms with Gasteiger partial charge in [0.15, 0.2) is 0 Å². The molecule has 0 saturated heterocycles. The number of thiazole rings is 1. The van der Waals surface area contributed by atoms with Crippen LogP contribution in [-0.4, -0.2) is 22.3 Å². The molecule has 4 rings (SSSR count). The first kappa shape index (κ1) is 9.16. The summed E-state index contributed by atoms with van der Waals surface area (Å²) >= 11 is 1.79. The molecule has 0 radical (unpaired) electrons. The Bertz CT molecular complexity index is 487. The Kier molecular flexibility index (Phi) is 1.53. The summed E-state index contributed by atoms with van der Waals surface area (Å²) in [5.74, 6) is 1.16. The minimum absolute atomic E-state index is 0.128. The number of carbonyl (C=O) groups excluding carboxylic acids is 1. The molecule has 1 aromatic heterocycles. The summed E-state index contributed by atoms with van der Waals surface area (Å²) < 4.78 is 0. The predicted octanol–water partition coefficient (Wildman–Crippen LogP) is 1.75. The van der Waals surface area contributed by atoms with E-state index < -0.39 is 0 Å². The average molecular weight is 234 g/mol. The van der Waals surface area contributed by atoms with E-state index in [9.17, 15) is 4.79 Å². The van der Waals surface area contributed by atoms with Gasteiger partial charge in [-0.05, 0) is 25.7 Å². The molecule has 2 aliphatic carbocycles. The number of nitrogens with zero attached hydrogens (tertiary/aromatic N) is 2. The van der Waals surface area contributed by atoms with Crippen LogP contribution in [0, 0.1) is 18.3 Å². The van der Waals surface area contributed by atoms with Crippen LogP contribution < -0.4 is 0 Å². The molecule has 1 aromatic rings. The van der Waals surface area contributed by atoms with E-state index in [-0.39, 0.29) is 5.41 Å². The molecule has 84 valence electrons. The summed E-state index contributed by atoms with van der Waals surface area (Å²) in [6.07, 6.45) is 3.32. The van der Waals surface area contributed by atoms with Crippen molar-refractivity contribution >= 4 is 17.2 Å². The number of hydrogen-bond acceptors (Lipinski definition) is 3. The quantitative estimate of drug-likeness (QED) is 0.741. The van der Waals surface area contributed by atoms with Gasteiger partial charge in [-0.3, -0.25) is 4.79 Å². The maximum Gasteiger partial charge on any atom is 0.229 e. The Labute approximate surface area is 98.5 Å². The van der Waals surface area contributed by atoms with Crippen LogP contribution in [-0.2, 0) is 17.8 Å². The van der Waals surface area contributed by atoms with Gasteiger partial charge in [0.1, 0.15) is 0 Å². The fraction of sp³-hybridized carbons (Fsp3) is 0.667. The van der Waals surface area contributed by atoms with Gasteiger partial charge < -0.3 is 4.90 Å². The zero-order valence-corrected chi connectivity index (χ0v) is 10.1. The lowest BCUT2D eigenvalue weighted by molar-refractivity contribution is -0.135. The monoisotopic (exact) mass is 234 g/mol. The van der Waals surface area contributed by atoms with Crippen molar-refractivity contribution in [3.8, 4) is 0 Å². The van der Waals surface area contributed by atoms with Crippen LogP contribution in [0.2, 0.25) is 0 Å². The number of aryl methyl sites for hydroxylation is 1. The molecule has 0 aromatic carbocycles. The molecule has 1 aliphatic heterocycles. The first-order valence-corrected chi connectivity index (χ1v) is 6.75. The second kappa shape index (κ2) is 2.67. The lowest BCUT2D eigenvalue weighted by Crippen LogP contribution is -2.38. The second-order valence-corrected chi connectivity index (χ2v) is 6.63. The topological polar surface area (TPSA) is 33.2 Å². The van der Waals surface area contributed by atoms with Gasteiger partial charge in [0.25, 0.3) is 0 Å². The minimum atomic E-state index is 0.128. The maximum absolute atomic E-state index is 12.2. The van der Waals surface area contributed by atoms with Crippen molar-refractivity contribution in [1.82, 2.24) is 9.88 Å². The van der Waals surface area contributed by atoms with Crippen LogP contribution in [0.25, 0.3) is 0 Å². The molecule has 3 nitrogen and oxygen atoms in total. The third-order valence-corrected chi connectivity index (χ3v) is 5.30. The SMILES string of the molecule is Cc1nc2c(s1)CCN(C(=O)C13CC1C3)C2. The summed E-state index contributed by atoms with van der Waals surface area (Å²) in [4.78, 5) is 20.2. The van der Waals surface area contributed by atoms with E-state index in [1.54, 1.807) is 11.3 Å². The summed E-state index contributed by atoms with van der Waals surface area (Å²) in [6, 6.07) is 0. The normalized spacial score (nSPS) is 34.3.